The zero-order chi connectivity index (χ0) is 18.6. The van der Waals surface area contributed by atoms with Gasteiger partial charge in [-0.15, -0.1) is 0 Å². The summed E-state index contributed by atoms with van der Waals surface area (Å²) in [5.74, 6) is -0.000629. The van der Waals surface area contributed by atoms with Gasteiger partial charge in [-0.05, 0) is 82.3 Å². The van der Waals surface area contributed by atoms with Gasteiger partial charge in [0.15, 0.2) is 0 Å². The maximum absolute atomic E-state index is 13.3. The molecule has 2 rings (SSSR count). The molecule has 0 saturated carbocycles. The number of phenols is 2. The molecule has 0 amide bonds. The second-order valence-corrected chi connectivity index (χ2v) is 8.33. The lowest BCUT2D eigenvalue weighted by atomic mass is 9.99. The molecule has 0 heterocycles. The van der Waals surface area contributed by atoms with E-state index < -0.39 is 9.84 Å². The predicted molar refractivity (Wildman–Crippen MR) is 94.8 cm³/mol. The third kappa shape index (κ3) is 2.47. The first-order valence-corrected chi connectivity index (χ1v) is 9.25. The van der Waals surface area contributed by atoms with Gasteiger partial charge in [0.1, 0.15) is 11.5 Å². The number of rotatable bonds is 2. The summed E-state index contributed by atoms with van der Waals surface area (Å²) in [7, 11) is -3.87. The SMILES string of the molecule is Cc1cc(S(=O)(=O)c2c(C)c(C)c(C)c(O)c2C)c(C)c(O)c1C. The van der Waals surface area contributed by atoms with Crippen molar-refractivity contribution < 1.29 is 18.6 Å². The Kier molecular flexibility index (Phi) is 4.44. The number of phenolic OH excluding ortho intramolecular Hbond substituents is 2. The summed E-state index contributed by atoms with van der Waals surface area (Å²) in [5.41, 5.74) is 4.11. The van der Waals surface area contributed by atoms with E-state index in [-0.39, 0.29) is 21.3 Å². The quantitative estimate of drug-likeness (QED) is 0.857. The number of aromatic hydroxyl groups is 2. The topological polar surface area (TPSA) is 74.6 Å². The predicted octanol–water partition coefficient (Wildman–Crippen LogP) is 4.09. The zero-order valence-electron chi connectivity index (χ0n) is 15.2. The molecule has 0 aliphatic heterocycles. The van der Waals surface area contributed by atoms with Crippen LogP contribution in [0.2, 0.25) is 0 Å². The molecule has 0 fully saturated rings. The van der Waals surface area contributed by atoms with E-state index >= 15 is 0 Å². The molecular formula is C19H24O4S. The van der Waals surface area contributed by atoms with Gasteiger partial charge < -0.3 is 10.2 Å². The van der Waals surface area contributed by atoms with Gasteiger partial charge in [0.25, 0.3) is 0 Å². The minimum atomic E-state index is -3.87. The van der Waals surface area contributed by atoms with Crippen LogP contribution in [0, 0.1) is 48.5 Å². The van der Waals surface area contributed by atoms with Gasteiger partial charge >= 0.3 is 0 Å². The van der Waals surface area contributed by atoms with E-state index in [1.165, 1.54) is 0 Å². The van der Waals surface area contributed by atoms with Crippen LogP contribution in [0.15, 0.2) is 15.9 Å². The second-order valence-electron chi connectivity index (χ2n) is 6.47. The van der Waals surface area contributed by atoms with Crippen molar-refractivity contribution in [2.75, 3.05) is 0 Å². The number of aryl methyl sites for hydroxylation is 1. The first-order valence-electron chi connectivity index (χ1n) is 7.77. The lowest BCUT2D eigenvalue weighted by molar-refractivity contribution is 0.462. The Morgan fingerprint density at radius 1 is 0.667 bits per heavy atom. The van der Waals surface area contributed by atoms with Gasteiger partial charge in [-0.25, -0.2) is 8.42 Å². The van der Waals surface area contributed by atoms with Crippen LogP contribution in [0.5, 0.6) is 11.5 Å². The Balaban J connectivity index is 2.94. The van der Waals surface area contributed by atoms with Crippen LogP contribution >= 0.6 is 0 Å². The summed E-state index contributed by atoms with van der Waals surface area (Å²) in [6.45, 7) is 12.1. The Labute approximate surface area is 143 Å². The first-order chi connectivity index (χ1) is 10.9. The van der Waals surface area contributed by atoms with Crippen LogP contribution in [0.3, 0.4) is 0 Å². The molecule has 0 aromatic heterocycles. The molecule has 2 N–H and O–H groups in total. The molecule has 2 aromatic rings. The highest BCUT2D eigenvalue weighted by Crippen LogP contribution is 2.40. The Hall–Kier alpha value is -2.01. The van der Waals surface area contributed by atoms with E-state index in [1.807, 2.05) is 0 Å². The molecule has 0 spiro atoms. The third-order valence-electron chi connectivity index (χ3n) is 5.09. The molecule has 0 saturated heterocycles. The Morgan fingerprint density at radius 2 is 1.17 bits per heavy atom. The molecule has 4 nitrogen and oxygen atoms in total. The fourth-order valence-electron chi connectivity index (χ4n) is 3.09. The van der Waals surface area contributed by atoms with Crippen molar-refractivity contribution in [3.05, 3.63) is 45.0 Å². The van der Waals surface area contributed by atoms with E-state index in [2.05, 4.69) is 0 Å². The van der Waals surface area contributed by atoms with Crippen molar-refractivity contribution in [3.63, 3.8) is 0 Å². The van der Waals surface area contributed by atoms with Crippen LogP contribution in [0.1, 0.15) is 38.9 Å². The van der Waals surface area contributed by atoms with Crippen molar-refractivity contribution in [3.8, 4) is 11.5 Å². The van der Waals surface area contributed by atoms with Gasteiger partial charge in [-0.2, -0.15) is 0 Å². The summed E-state index contributed by atoms with van der Waals surface area (Å²) >= 11 is 0. The van der Waals surface area contributed by atoms with E-state index in [1.54, 1.807) is 54.5 Å². The summed E-state index contributed by atoms with van der Waals surface area (Å²) in [6, 6.07) is 1.59. The van der Waals surface area contributed by atoms with E-state index in [9.17, 15) is 18.6 Å². The monoisotopic (exact) mass is 348 g/mol. The van der Waals surface area contributed by atoms with Crippen LogP contribution in [0.4, 0.5) is 0 Å². The van der Waals surface area contributed by atoms with E-state index in [0.29, 0.717) is 33.4 Å². The Morgan fingerprint density at radius 3 is 1.71 bits per heavy atom. The standard InChI is InChI=1S/C19H24O4S/c1-9-8-16(14(6)17(20)10(9)2)24(22,23)19-13(5)11(3)12(4)18(21)15(19)7/h8,20-21H,1-7H3. The van der Waals surface area contributed by atoms with Gasteiger partial charge in [-0.1, -0.05) is 0 Å². The molecule has 130 valence electrons. The fourth-order valence-corrected chi connectivity index (χ4v) is 5.20. The second kappa shape index (κ2) is 5.81. The molecule has 0 aliphatic rings. The van der Waals surface area contributed by atoms with Gasteiger partial charge in [0.2, 0.25) is 9.84 Å². The highest BCUT2D eigenvalue weighted by molar-refractivity contribution is 7.91. The zero-order valence-corrected chi connectivity index (χ0v) is 16.0. The van der Waals surface area contributed by atoms with Crippen LogP contribution in [0.25, 0.3) is 0 Å². The van der Waals surface area contributed by atoms with E-state index in [4.69, 9.17) is 0 Å². The molecule has 0 unspecified atom stereocenters. The maximum atomic E-state index is 13.3. The third-order valence-corrected chi connectivity index (χ3v) is 7.25. The number of sulfone groups is 1. The minimum Gasteiger partial charge on any atom is -0.507 e. The molecule has 0 bridgehead atoms. The van der Waals surface area contributed by atoms with Crippen LogP contribution in [-0.2, 0) is 9.84 Å². The van der Waals surface area contributed by atoms with Gasteiger partial charge in [0, 0.05) is 11.1 Å². The van der Waals surface area contributed by atoms with Crippen molar-refractivity contribution in [2.24, 2.45) is 0 Å². The summed E-state index contributed by atoms with van der Waals surface area (Å²) in [6.07, 6.45) is 0. The van der Waals surface area contributed by atoms with Crippen LogP contribution in [-0.4, -0.2) is 18.6 Å². The number of benzene rings is 2. The van der Waals surface area contributed by atoms with E-state index in [0.717, 1.165) is 5.56 Å². The number of hydrogen-bond acceptors (Lipinski definition) is 4. The van der Waals surface area contributed by atoms with Crippen molar-refractivity contribution in [2.45, 2.75) is 58.3 Å². The largest absolute Gasteiger partial charge is 0.507 e. The van der Waals surface area contributed by atoms with Crippen molar-refractivity contribution in [1.82, 2.24) is 0 Å². The smallest absolute Gasteiger partial charge is 0.207 e. The lowest BCUT2D eigenvalue weighted by Gasteiger charge is -2.19. The molecule has 0 radical (unpaired) electrons. The van der Waals surface area contributed by atoms with Crippen molar-refractivity contribution in [1.29, 1.82) is 0 Å². The molecule has 2 aromatic carbocycles. The highest BCUT2D eigenvalue weighted by Gasteiger charge is 2.29. The average Bonchev–Trinajstić information content (AvgIpc) is 2.52. The normalized spacial score (nSPS) is 11.8. The highest BCUT2D eigenvalue weighted by atomic mass is 32.2. The fraction of sp³-hybridized carbons (Fsp3) is 0.368. The summed E-state index contributed by atoms with van der Waals surface area (Å²) in [4.78, 5) is 0.200. The molecule has 0 atom stereocenters. The summed E-state index contributed by atoms with van der Waals surface area (Å²) in [5, 5.41) is 20.6. The average molecular weight is 348 g/mol. The minimum absolute atomic E-state index is 0.00221. The summed E-state index contributed by atoms with van der Waals surface area (Å²) < 4.78 is 26.6. The van der Waals surface area contributed by atoms with Crippen molar-refractivity contribution >= 4 is 9.84 Å². The van der Waals surface area contributed by atoms with Gasteiger partial charge in [0.05, 0.1) is 9.79 Å². The first kappa shape index (κ1) is 18.3. The molecular weight excluding hydrogens is 324 g/mol. The number of hydrogen-bond donors (Lipinski definition) is 2. The molecule has 24 heavy (non-hydrogen) atoms. The van der Waals surface area contributed by atoms with Gasteiger partial charge in [-0.3, -0.25) is 0 Å². The molecule has 5 heteroatoms. The molecule has 0 aliphatic carbocycles. The maximum Gasteiger partial charge on any atom is 0.207 e. The van der Waals surface area contributed by atoms with Crippen LogP contribution < -0.4 is 0 Å². The lowest BCUT2D eigenvalue weighted by Crippen LogP contribution is -2.11. The Bertz CT molecular complexity index is 925.